The predicted octanol–water partition coefficient (Wildman–Crippen LogP) is 3.55. The predicted molar refractivity (Wildman–Crippen MR) is 109 cm³/mol. The van der Waals surface area contributed by atoms with Crippen LogP contribution >= 0.6 is 12.4 Å². The molecule has 0 bridgehead atoms. The SMILES string of the molecule is CCN(CC)C(=O)c1ccc(NC(=O)CC(C)C2CCNCC2)cc1.Cl. The van der Waals surface area contributed by atoms with Gasteiger partial charge in [-0.15, -0.1) is 12.4 Å². The van der Waals surface area contributed by atoms with Crippen molar-refractivity contribution in [2.45, 2.75) is 40.0 Å². The lowest BCUT2D eigenvalue weighted by molar-refractivity contribution is -0.117. The van der Waals surface area contributed by atoms with Gasteiger partial charge in [-0.3, -0.25) is 9.59 Å². The molecular formula is C20H32ClN3O2. The number of amides is 2. The lowest BCUT2D eigenvalue weighted by atomic mass is 9.84. The smallest absolute Gasteiger partial charge is 0.253 e. The van der Waals surface area contributed by atoms with E-state index in [1.807, 2.05) is 26.0 Å². The van der Waals surface area contributed by atoms with Crippen LogP contribution < -0.4 is 10.6 Å². The number of nitrogens with one attached hydrogen (secondary N) is 2. The van der Waals surface area contributed by atoms with Gasteiger partial charge in [0.2, 0.25) is 5.91 Å². The number of hydrogen-bond donors (Lipinski definition) is 2. The Morgan fingerprint density at radius 1 is 1.15 bits per heavy atom. The van der Waals surface area contributed by atoms with Crippen LogP contribution in [-0.4, -0.2) is 42.9 Å². The Bertz CT molecular complexity index is 567. The molecule has 1 saturated heterocycles. The van der Waals surface area contributed by atoms with E-state index >= 15 is 0 Å². The molecule has 26 heavy (non-hydrogen) atoms. The van der Waals surface area contributed by atoms with E-state index in [0.29, 0.717) is 36.9 Å². The van der Waals surface area contributed by atoms with E-state index in [9.17, 15) is 9.59 Å². The first-order chi connectivity index (χ1) is 12.0. The topological polar surface area (TPSA) is 61.4 Å². The molecule has 1 unspecified atom stereocenters. The minimum Gasteiger partial charge on any atom is -0.339 e. The first-order valence-electron chi connectivity index (χ1n) is 9.45. The lowest BCUT2D eigenvalue weighted by Gasteiger charge is -2.27. The fourth-order valence-corrected chi connectivity index (χ4v) is 3.47. The molecule has 1 aliphatic rings. The monoisotopic (exact) mass is 381 g/mol. The normalized spacial score (nSPS) is 15.7. The summed E-state index contributed by atoms with van der Waals surface area (Å²) in [7, 11) is 0. The standard InChI is InChI=1S/C20H31N3O2.ClH/c1-4-23(5-2)20(25)17-6-8-18(9-7-17)22-19(24)14-15(3)16-10-12-21-13-11-16;/h6-9,15-16,21H,4-5,10-14H2,1-3H3,(H,22,24);1H. The first-order valence-corrected chi connectivity index (χ1v) is 9.45. The van der Waals surface area contributed by atoms with Crippen molar-refractivity contribution >= 4 is 29.9 Å². The lowest BCUT2D eigenvalue weighted by Crippen LogP contribution is -2.32. The van der Waals surface area contributed by atoms with E-state index in [2.05, 4.69) is 17.6 Å². The van der Waals surface area contributed by atoms with Crippen LogP contribution in [0.4, 0.5) is 5.69 Å². The minimum atomic E-state index is 0. The van der Waals surface area contributed by atoms with Gasteiger partial charge in [-0.1, -0.05) is 6.92 Å². The van der Waals surface area contributed by atoms with Gasteiger partial charge < -0.3 is 15.5 Å². The van der Waals surface area contributed by atoms with Gasteiger partial charge in [0.15, 0.2) is 0 Å². The Balaban J connectivity index is 0.00000338. The van der Waals surface area contributed by atoms with Crippen molar-refractivity contribution in [1.82, 2.24) is 10.2 Å². The van der Waals surface area contributed by atoms with E-state index in [4.69, 9.17) is 0 Å². The highest BCUT2D eigenvalue weighted by Crippen LogP contribution is 2.24. The van der Waals surface area contributed by atoms with Crippen LogP contribution in [0.5, 0.6) is 0 Å². The molecule has 2 rings (SSSR count). The van der Waals surface area contributed by atoms with Crippen molar-refractivity contribution in [2.75, 3.05) is 31.5 Å². The molecule has 1 fully saturated rings. The zero-order valence-electron chi connectivity index (χ0n) is 16.1. The van der Waals surface area contributed by atoms with Crippen molar-refractivity contribution in [3.05, 3.63) is 29.8 Å². The summed E-state index contributed by atoms with van der Waals surface area (Å²) >= 11 is 0. The summed E-state index contributed by atoms with van der Waals surface area (Å²) in [5, 5.41) is 6.32. The quantitative estimate of drug-likeness (QED) is 0.759. The number of halogens is 1. The van der Waals surface area contributed by atoms with Crippen molar-refractivity contribution < 1.29 is 9.59 Å². The molecular weight excluding hydrogens is 350 g/mol. The molecule has 0 aliphatic carbocycles. The van der Waals surface area contributed by atoms with Gasteiger partial charge in [0.1, 0.15) is 0 Å². The Hall–Kier alpha value is -1.59. The number of rotatable bonds is 7. The van der Waals surface area contributed by atoms with Crippen molar-refractivity contribution in [2.24, 2.45) is 11.8 Å². The molecule has 2 N–H and O–H groups in total. The van der Waals surface area contributed by atoms with Crippen LogP contribution in [0.25, 0.3) is 0 Å². The van der Waals surface area contributed by atoms with Crippen molar-refractivity contribution in [3.8, 4) is 0 Å². The molecule has 1 heterocycles. The van der Waals surface area contributed by atoms with Gasteiger partial charge in [0.05, 0.1) is 0 Å². The molecule has 0 saturated carbocycles. The molecule has 1 aromatic rings. The van der Waals surface area contributed by atoms with Crippen molar-refractivity contribution in [3.63, 3.8) is 0 Å². The first kappa shape index (κ1) is 22.5. The number of hydrogen-bond acceptors (Lipinski definition) is 3. The van der Waals surface area contributed by atoms with Gasteiger partial charge in [0, 0.05) is 30.8 Å². The van der Waals surface area contributed by atoms with Gasteiger partial charge >= 0.3 is 0 Å². The molecule has 146 valence electrons. The van der Waals surface area contributed by atoms with E-state index < -0.39 is 0 Å². The second-order valence-electron chi connectivity index (χ2n) is 6.87. The van der Waals surface area contributed by atoms with Crippen LogP contribution in [-0.2, 0) is 4.79 Å². The maximum atomic E-state index is 12.3. The van der Waals surface area contributed by atoms with Crippen LogP contribution in [0.1, 0.15) is 50.4 Å². The summed E-state index contributed by atoms with van der Waals surface area (Å²) < 4.78 is 0. The average molecular weight is 382 g/mol. The molecule has 2 amide bonds. The molecule has 5 nitrogen and oxygen atoms in total. The number of piperidine rings is 1. The second-order valence-corrected chi connectivity index (χ2v) is 6.87. The Morgan fingerprint density at radius 2 is 1.73 bits per heavy atom. The largest absolute Gasteiger partial charge is 0.339 e. The summed E-state index contributed by atoms with van der Waals surface area (Å²) in [6.07, 6.45) is 2.85. The Morgan fingerprint density at radius 3 is 2.27 bits per heavy atom. The second kappa shape index (κ2) is 11.2. The third kappa shape index (κ3) is 6.29. The van der Waals surface area contributed by atoms with E-state index in [0.717, 1.165) is 31.6 Å². The Kier molecular flexibility index (Phi) is 9.66. The fraction of sp³-hybridized carbons (Fsp3) is 0.600. The van der Waals surface area contributed by atoms with Gasteiger partial charge in [-0.25, -0.2) is 0 Å². The minimum absolute atomic E-state index is 0. The van der Waals surface area contributed by atoms with Crippen LogP contribution in [0.15, 0.2) is 24.3 Å². The third-order valence-corrected chi connectivity index (χ3v) is 5.16. The molecule has 1 aromatic carbocycles. The molecule has 1 atom stereocenters. The zero-order valence-corrected chi connectivity index (χ0v) is 16.9. The van der Waals surface area contributed by atoms with E-state index in [-0.39, 0.29) is 24.2 Å². The zero-order chi connectivity index (χ0) is 18.2. The average Bonchev–Trinajstić information content (AvgIpc) is 2.64. The van der Waals surface area contributed by atoms with Crippen LogP contribution in [0, 0.1) is 11.8 Å². The molecule has 0 spiro atoms. The number of benzene rings is 1. The fourth-order valence-electron chi connectivity index (χ4n) is 3.47. The number of carbonyl (C=O) groups excluding carboxylic acids is 2. The maximum Gasteiger partial charge on any atom is 0.253 e. The highest BCUT2D eigenvalue weighted by atomic mass is 35.5. The van der Waals surface area contributed by atoms with Crippen LogP contribution in [0.3, 0.4) is 0 Å². The van der Waals surface area contributed by atoms with Crippen LogP contribution in [0.2, 0.25) is 0 Å². The molecule has 1 aliphatic heterocycles. The molecule has 6 heteroatoms. The maximum absolute atomic E-state index is 12.3. The number of anilines is 1. The summed E-state index contributed by atoms with van der Waals surface area (Å²) in [4.78, 5) is 26.4. The summed E-state index contributed by atoms with van der Waals surface area (Å²) in [6.45, 7) is 9.61. The van der Waals surface area contributed by atoms with Gasteiger partial charge in [0.25, 0.3) is 5.91 Å². The van der Waals surface area contributed by atoms with Gasteiger partial charge in [-0.05, 0) is 75.9 Å². The van der Waals surface area contributed by atoms with Crippen molar-refractivity contribution in [1.29, 1.82) is 0 Å². The summed E-state index contributed by atoms with van der Waals surface area (Å²) in [5.74, 6) is 1.10. The highest BCUT2D eigenvalue weighted by Gasteiger charge is 2.22. The summed E-state index contributed by atoms with van der Waals surface area (Å²) in [6, 6.07) is 7.19. The highest BCUT2D eigenvalue weighted by molar-refractivity contribution is 5.95. The van der Waals surface area contributed by atoms with Gasteiger partial charge in [-0.2, -0.15) is 0 Å². The third-order valence-electron chi connectivity index (χ3n) is 5.16. The molecule has 0 aromatic heterocycles. The summed E-state index contributed by atoms with van der Waals surface area (Å²) in [5.41, 5.74) is 1.41. The Labute approximate surface area is 163 Å². The number of carbonyl (C=O) groups is 2. The van der Waals surface area contributed by atoms with E-state index in [1.165, 1.54) is 0 Å². The molecule has 0 radical (unpaired) electrons. The van der Waals surface area contributed by atoms with E-state index in [1.54, 1.807) is 17.0 Å². The number of nitrogens with zero attached hydrogens (tertiary/aromatic N) is 1.